The van der Waals surface area contributed by atoms with Crippen LogP contribution in [0.25, 0.3) is 0 Å². The summed E-state index contributed by atoms with van der Waals surface area (Å²) >= 11 is 0. The van der Waals surface area contributed by atoms with Gasteiger partial charge in [-0.15, -0.1) is 0 Å². The third-order valence-electron chi connectivity index (χ3n) is 2.12. The van der Waals surface area contributed by atoms with Gasteiger partial charge in [0.05, 0.1) is 19.9 Å². The topological polar surface area (TPSA) is 44.1 Å². The molecule has 4 heteroatoms. The summed E-state index contributed by atoms with van der Waals surface area (Å²) in [4.78, 5) is 11.2. The third-order valence-corrected chi connectivity index (χ3v) is 2.12. The quantitative estimate of drug-likeness (QED) is 0.558. The van der Waals surface area contributed by atoms with Gasteiger partial charge in [-0.05, 0) is 18.9 Å². The van der Waals surface area contributed by atoms with Gasteiger partial charge in [-0.2, -0.15) is 5.10 Å². The van der Waals surface area contributed by atoms with Gasteiger partial charge in [-0.3, -0.25) is 4.68 Å². The largest absolute Gasteiger partial charge is 0.466 e. The minimum absolute atomic E-state index is 0.263. The predicted molar refractivity (Wildman–Crippen MR) is 57.4 cm³/mol. The molecule has 0 aromatic carbocycles. The molecule has 4 nitrogen and oxygen atoms in total. The first-order chi connectivity index (χ1) is 7.17. The lowest BCUT2D eigenvalue weighted by Gasteiger charge is -2.02. The van der Waals surface area contributed by atoms with Crippen LogP contribution in [0.3, 0.4) is 0 Å². The first-order valence-electron chi connectivity index (χ1n) is 4.93. The Hall–Kier alpha value is -1.58. The fourth-order valence-corrected chi connectivity index (χ4v) is 1.27. The molecular formula is C11H16N2O2. The van der Waals surface area contributed by atoms with Crippen molar-refractivity contribution in [2.75, 3.05) is 7.11 Å². The molecule has 0 N–H and O–H groups in total. The third kappa shape index (κ3) is 3.23. The number of rotatable bonds is 4. The van der Waals surface area contributed by atoms with Crippen molar-refractivity contribution in [2.45, 2.75) is 26.8 Å². The summed E-state index contributed by atoms with van der Waals surface area (Å²) in [7, 11) is 1.39. The molecular weight excluding hydrogens is 192 g/mol. The average Bonchev–Trinajstić information content (AvgIpc) is 2.64. The first kappa shape index (κ1) is 11.5. The summed E-state index contributed by atoms with van der Waals surface area (Å²) in [5.41, 5.74) is 1.80. The van der Waals surface area contributed by atoms with Crippen molar-refractivity contribution >= 4 is 5.97 Å². The van der Waals surface area contributed by atoms with Crippen molar-refractivity contribution in [2.24, 2.45) is 0 Å². The van der Waals surface area contributed by atoms with E-state index in [0.29, 0.717) is 18.5 Å². The van der Waals surface area contributed by atoms with Gasteiger partial charge in [0.1, 0.15) is 0 Å². The predicted octanol–water partition coefficient (Wildman–Crippen LogP) is 1.70. The van der Waals surface area contributed by atoms with Crippen LogP contribution >= 0.6 is 0 Å². The maximum absolute atomic E-state index is 11.2. The molecule has 0 radical (unpaired) electrons. The number of ether oxygens (including phenoxy) is 1. The Labute approximate surface area is 89.5 Å². The van der Waals surface area contributed by atoms with Crippen LogP contribution in [0.5, 0.6) is 0 Å². The van der Waals surface area contributed by atoms with Crippen LogP contribution in [0.4, 0.5) is 0 Å². The van der Waals surface area contributed by atoms with Crippen LogP contribution in [-0.4, -0.2) is 22.9 Å². The minimum Gasteiger partial charge on any atom is -0.466 e. The van der Waals surface area contributed by atoms with E-state index < -0.39 is 0 Å². The van der Waals surface area contributed by atoms with E-state index >= 15 is 0 Å². The van der Waals surface area contributed by atoms with Crippen molar-refractivity contribution in [1.82, 2.24) is 9.78 Å². The number of hydrogen-bond acceptors (Lipinski definition) is 3. The Morgan fingerprint density at radius 1 is 1.67 bits per heavy atom. The Morgan fingerprint density at radius 2 is 2.40 bits per heavy atom. The van der Waals surface area contributed by atoms with Gasteiger partial charge in [0, 0.05) is 11.8 Å². The van der Waals surface area contributed by atoms with E-state index in [-0.39, 0.29) is 5.97 Å². The lowest BCUT2D eigenvalue weighted by molar-refractivity contribution is -0.136. The lowest BCUT2D eigenvalue weighted by Crippen LogP contribution is -2.06. The van der Waals surface area contributed by atoms with Gasteiger partial charge < -0.3 is 4.74 Å². The van der Waals surface area contributed by atoms with Crippen molar-refractivity contribution in [3.63, 3.8) is 0 Å². The summed E-state index contributed by atoms with van der Waals surface area (Å²) in [6, 6.07) is 0. The van der Waals surface area contributed by atoms with Crippen LogP contribution in [0.1, 0.15) is 18.9 Å². The zero-order valence-corrected chi connectivity index (χ0v) is 9.36. The molecule has 0 saturated heterocycles. The average molecular weight is 208 g/mol. The molecule has 0 aliphatic carbocycles. The van der Waals surface area contributed by atoms with E-state index in [1.807, 2.05) is 26.1 Å². The monoisotopic (exact) mass is 208 g/mol. The zero-order valence-electron chi connectivity index (χ0n) is 9.36. The smallest absolute Gasteiger partial charge is 0.333 e. The van der Waals surface area contributed by atoms with E-state index in [1.54, 1.807) is 10.9 Å². The van der Waals surface area contributed by atoms with Gasteiger partial charge in [-0.1, -0.05) is 13.0 Å². The van der Waals surface area contributed by atoms with E-state index in [0.717, 1.165) is 5.56 Å². The van der Waals surface area contributed by atoms with E-state index in [2.05, 4.69) is 9.84 Å². The molecule has 1 heterocycles. The maximum Gasteiger partial charge on any atom is 0.333 e. The molecule has 0 spiro atoms. The van der Waals surface area contributed by atoms with Crippen LogP contribution in [-0.2, 0) is 16.1 Å². The molecule has 0 aliphatic heterocycles. The second-order valence-corrected chi connectivity index (χ2v) is 3.31. The molecule has 15 heavy (non-hydrogen) atoms. The molecule has 0 amide bonds. The molecule has 0 fully saturated rings. The van der Waals surface area contributed by atoms with Crippen molar-refractivity contribution < 1.29 is 9.53 Å². The highest BCUT2D eigenvalue weighted by Crippen LogP contribution is 2.04. The van der Waals surface area contributed by atoms with Gasteiger partial charge in [0.25, 0.3) is 0 Å². The Bertz CT molecular complexity index is 366. The standard InChI is InChI=1S/C11H16N2O2/c1-4-10(11(14)15-3)5-6-13-8-9(2)7-12-13/h5,7-8H,4,6H2,1-3H3. The van der Waals surface area contributed by atoms with Gasteiger partial charge in [-0.25, -0.2) is 4.79 Å². The van der Waals surface area contributed by atoms with Crippen molar-refractivity contribution in [3.8, 4) is 0 Å². The summed E-state index contributed by atoms with van der Waals surface area (Å²) in [5.74, 6) is -0.263. The Kier molecular flexibility index (Phi) is 4.09. The van der Waals surface area contributed by atoms with Gasteiger partial charge in [0.2, 0.25) is 0 Å². The van der Waals surface area contributed by atoms with Gasteiger partial charge in [0.15, 0.2) is 0 Å². The summed E-state index contributed by atoms with van der Waals surface area (Å²) in [6.45, 7) is 4.51. The molecule has 0 saturated carbocycles. The normalized spacial score (nSPS) is 11.5. The number of esters is 1. The molecule has 0 unspecified atom stereocenters. The summed E-state index contributed by atoms with van der Waals surface area (Å²) in [5, 5.41) is 4.13. The molecule has 1 rings (SSSR count). The van der Waals surface area contributed by atoms with E-state index in [9.17, 15) is 4.79 Å². The molecule has 0 atom stereocenters. The number of aryl methyl sites for hydroxylation is 1. The fraction of sp³-hybridized carbons (Fsp3) is 0.455. The first-order valence-corrected chi connectivity index (χ1v) is 4.93. The molecule has 0 aliphatic rings. The fourth-order valence-electron chi connectivity index (χ4n) is 1.27. The Morgan fingerprint density at radius 3 is 2.87 bits per heavy atom. The number of aromatic nitrogens is 2. The molecule has 82 valence electrons. The number of nitrogens with zero attached hydrogens (tertiary/aromatic N) is 2. The van der Waals surface area contributed by atoms with Crippen LogP contribution < -0.4 is 0 Å². The summed E-state index contributed by atoms with van der Waals surface area (Å²) < 4.78 is 6.45. The maximum atomic E-state index is 11.2. The van der Waals surface area contributed by atoms with Crippen LogP contribution in [0, 0.1) is 6.92 Å². The number of carbonyl (C=O) groups excluding carboxylic acids is 1. The second kappa shape index (κ2) is 5.34. The summed E-state index contributed by atoms with van der Waals surface area (Å²) in [6.07, 6.45) is 6.24. The zero-order chi connectivity index (χ0) is 11.3. The van der Waals surface area contributed by atoms with Crippen LogP contribution in [0.2, 0.25) is 0 Å². The molecule has 1 aromatic heterocycles. The minimum atomic E-state index is -0.263. The van der Waals surface area contributed by atoms with Crippen LogP contribution in [0.15, 0.2) is 24.0 Å². The highest BCUT2D eigenvalue weighted by molar-refractivity contribution is 5.88. The number of hydrogen-bond donors (Lipinski definition) is 0. The Balaban J connectivity index is 2.66. The van der Waals surface area contributed by atoms with E-state index in [4.69, 9.17) is 0 Å². The van der Waals surface area contributed by atoms with Crippen molar-refractivity contribution in [3.05, 3.63) is 29.6 Å². The highest BCUT2D eigenvalue weighted by atomic mass is 16.5. The number of carbonyl (C=O) groups is 1. The van der Waals surface area contributed by atoms with E-state index in [1.165, 1.54) is 7.11 Å². The SMILES string of the molecule is CCC(=CCn1cc(C)cn1)C(=O)OC. The van der Waals surface area contributed by atoms with Gasteiger partial charge >= 0.3 is 5.97 Å². The number of allylic oxidation sites excluding steroid dienone is 1. The highest BCUT2D eigenvalue weighted by Gasteiger charge is 2.05. The second-order valence-electron chi connectivity index (χ2n) is 3.31. The molecule has 0 bridgehead atoms. The lowest BCUT2D eigenvalue weighted by atomic mass is 10.2. The van der Waals surface area contributed by atoms with Crippen molar-refractivity contribution in [1.29, 1.82) is 0 Å². The number of methoxy groups -OCH3 is 1. The molecule has 1 aromatic rings.